The summed E-state index contributed by atoms with van der Waals surface area (Å²) in [4.78, 5) is 27.5. The van der Waals surface area contributed by atoms with E-state index in [-0.39, 0.29) is 11.6 Å². The van der Waals surface area contributed by atoms with Gasteiger partial charge >= 0.3 is 5.69 Å². The molecule has 0 saturated heterocycles. The number of nitrogens with one attached hydrogen (secondary N) is 1. The zero-order valence-corrected chi connectivity index (χ0v) is 11.6. The summed E-state index contributed by atoms with van der Waals surface area (Å²) in [5.41, 5.74) is 2.88. The number of aromatic nitrogens is 5. The smallest absolute Gasteiger partial charge is 0.292 e. The number of hydrogen-bond acceptors (Lipinski definition) is 4. The first kappa shape index (κ1) is 12.5. The number of imidazole rings is 1. The second-order valence-electron chi connectivity index (χ2n) is 5.01. The molecule has 0 fully saturated rings. The van der Waals surface area contributed by atoms with Crippen LogP contribution in [0.2, 0.25) is 0 Å². The van der Waals surface area contributed by atoms with Crippen molar-refractivity contribution in [3.8, 4) is 11.4 Å². The van der Waals surface area contributed by atoms with Gasteiger partial charge in [0.05, 0.1) is 11.9 Å². The zero-order valence-electron chi connectivity index (χ0n) is 11.6. The van der Waals surface area contributed by atoms with Gasteiger partial charge in [-0.2, -0.15) is 0 Å². The number of aryl methyl sites for hydroxylation is 1. The normalized spacial score (nSPS) is 11.4. The molecular formula is C14H15N5O. The Morgan fingerprint density at radius 3 is 2.85 bits per heavy atom. The van der Waals surface area contributed by atoms with Crippen molar-refractivity contribution in [2.24, 2.45) is 7.05 Å². The number of hydrogen-bond donors (Lipinski definition) is 1. The number of H-pyrrole nitrogens is 1. The van der Waals surface area contributed by atoms with Crippen LogP contribution in [-0.4, -0.2) is 24.5 Å². The molecule has 0 spiro atoms. The van der Waals surface area contributed by atoms with E-state index in [9.17, 15) is 4.79 Å². The first-order chi connectivity index (χ1) is 9.58. The minimum Gasteiger partial charge on any atom is -0.292 e. The van der Waals surface area contributed by atoms with Crippen LogP contribution in [0.4, 0.5) is 0 Å². The Morgan fingerprint density at radius 1 is 1.30 bits per heavy atom. The van der Waals surface area contributed by atoms with Gasteiger partial charge in [-0.3, -0.25) is 14.5 Å². The van der Waals surface area contributed by atoms with E-state index in [1.807, 2.05) is 12.1 Å². The van der Waals surface area contributed by atoms with E-state index in [2.05, 4.69) is 33.8 Å². The maximum absolute atomic E-state index is 11.6. The third kappa shape index (κ3) is 1.89. The summed E-state index contributed by atoms with van der Waals surface area (Å²) in [6, 6.07) is 3.81. The topological polar surface area (TPSA) is 76.5 Å². The summed E-state index contributed by atoms with van der Waals surface area (Å²) >= 11 is 0. The largest absolute Gasteiger partial charge is 0.327 e. The van der Waals surface area contributed by atoms with Crippen molar-refractivity contribution < 1.29 is 0 Å². The van der Waals surface area contributed by atoms with Gasteiger partial charge in [0, 0.05) is 18.8 Å². The van der Waals surface area contributed by atoms with Crippen LogP contribution in [0.25, 0.3) is 22.6 Å². The molecule has 3 aromatic rings. The Hall–Kier alpha value is -2.50. The lowest BCUT2D eigenvalue weighted by molar-refractivity contribution is 0.823. The maximum Gasteiger partial charge on any atom is 0.327 e. The summed E-state index contributed by atoms with van der Waals surface area (Å²) < 4.78 is 1.49. The van der Waals surface area contributed by atoms with Crippen molar-refractivity contribution in [2.45, 2.75) is 19.8 Å². The Labute approximate surface area is 115 Å². The molecule has 20 heavy (non-hydrogen) atoms. The molecule has 1 N–H and O–H groups in total. The predicted molar refractivity (Wildman–Crippen MR) is 76.4 cm³/mol. The maximum atomic E-state index is 11.6. The fourth-order valence-electron chi connectivity index (χ4n) is 2.20. The van der Waals surface area contributed by atoms with Crippen molar-refractivity contribution in [3.63, 3.8) is 0 Å². The quantitative estimate of drug-likeness (QED) is 0.770. The van der Waals surface area contributed by atoms with Gasteiger partial charge in [0.15, 0.2) is 11.5 Å². The molecule has 6 heteroatoms. The molecular weight excluding hydrogens is 254 g/mol. The molecule has 0 aliphatic rings. The second-order valence-corrected chi connectivity index (χ2v) is 5.01. The molecule has 6 nitrogen and oxygen atoms in total. The molecule has 3 rings (SSSR count). The molecule has 0 unspecified atom stereocenters. The monoisotopic (exact) mass is 269 g/mol. The number of pyridine rings is 1. The van der Waals surface area contributed by atoms with Crippen molar-refractivity contribution in [1.82, 2.24) is 24.5 Å². The van der Waals surface area contributed by atoms with Crippen molar-refractivity contribution in [3.05, 3.63) is 40.7 Å². The molecule has 0 amide bonds. The fraction of sp³-hybridized carbons (Fsp3) is 0.286. The van der Waals surface area contributed by atoms with Crippen LogP contribution in [0, 0.1) is 0 Å². The Balaban J connectivity index is 2.23. The fourth-order valence-corrected chi connectivity index (χ4v) is 2.20. The minimum absolute atomic E-state index is 0.193. The molecule has 0 atom stereocenters. The van der Waals surface area contributed by atoms with E-state index in [0.717, 1.165) is 11.3 Å². The van der Waals surface area contributed by atoms with Gasteiger partial charge in [0.25, 0.3) is 0 Å². The average molecular weight is 269 g/mol. The minimum atomic E-state index is -0.193. The molecule has 0 bridgehead atoms. The van der Waals surface area contributed by atoms with E-state index in [4.69, 9.17) is 0 Å². The van der Waals surface area contributed by atoms with Gasteiger partial charge < -0.3 is 0 Å². The molecule has 0 saturated carbocycles. The van der Waals surface area contributed by atoms with Crippen molar-refractivity contribution in [1.29, 1.82) is 0 Å². The highest BCUT2D eigenvalue weighted by atomic mass is 16.1. The summed E-state index contributed by atoms with van der Waals surface area (Å²) in [6.45, 7) is 4.16. The van der Waals surface area contributed by atoms with Gasteiger partial charge in [-0.25, -0.2) is 14.8 Å². The van der Waals surface area contributed by atoms with Crippen LogP contribution in [0.1, 0.15) is 25.5 Å². The Kier molecular flexibility index (Phi) is 2.85. The van der Waals surface area contributed by atoms with Gasteiger partial charge in [0.1, 0.15) is 5.52 Å². The number of nitrogens with zero attached hydrogens (tertiary/aromatic N) is 4. The summed E-state index contributed by atoms with van der Waals surface area (Å²) in [7, 11) is 1.69. The Bertz CT molecular complexity index is 831. The van der Waals surface area contributed by atoms with Gasteiger partial charge in [-0.1, -0.05) is 13.8 Å². The first-order valence-corrected chi connectivity index (χ1v) is 6.45. The predicted octanol–water partition coefficient (Wildman–Crippen LogP) is 1.84. The highest BCUT2D eigenvalue weighted by Gasteiger charge is 2.13. The molecule has 102 valence electrons. The lowest BCUT2D eigenvalue weighted by atomic mass is 10.0. The van der Waals surface area contributed by atoms with Gasteiger partial charge in [-0.15, -0.1) is 0 Å². The summed E-state index contributed by atoms with van der Waals surface area (Å²) in [5.74, 6) is 0.858. The van der Waals surface area contributed by atoms with E-state index in [1.54, 1.807) is 19.4 Å². The molecule has 0 aliphatic carbocycles. The highest BCUT2D eigenvalue weighted by Crippen LogP contribution is 2.25. The highest BCUT2D eigenvalue weighted by molar-refractivity contribution is 5.73. The van der Waals surface area contributed by atoms with E-state index < -0.39 is 0 Å². The molecule has 0 aromatic carbocycles. The standard InChI is InChI=1S/C14H15N5O/c1-8(2)11-9(5-4-6-15-11)12-16-7-10-13(17-12)18-14(20)19(10)3/h4-8H,1-3H3,(H,16,17,18,20). The average Bonchev–Trinajstić information content (AvgIpc) is 2.73. The van der Waals surface area contributed by atoms with Crippen LogP contribution >= 0.6 is 0 Å². The SMILES string of the molecule is CC(C)c1ncccc1-c1ncc2c(n1)[nH]c(=O)n2C. The van der Waals surface area contributed by atoms with Crippen LogP contribution in [0.15, 0.2) is 29.3 Å². The Morgan fingerprint density at radius 2 is 2.10 bits per heavy atom. The second kappa shape index (κ2) is 4.56. The van der Waals surface area contributed by atoms with Gasteiger partial charge in [-0.05, 0) is 18.1 Å². The molecule has 3 aromatic heterocycles. The molecule has 3 heterocycles. The third-order valence-electron chi connectivity index (χ3n) is 3.29. The summed E-state index contributed by atoms with van der Waals surface area (Å²) in [6.07, 6.45) is 3.43. The van der Waals surface area contributed by atoms with Crippen molar-refractivity contribution in [2.75, 3.05) is 0 Å². The van der Waals surface area contributed by atoms with Crippen LogP contribution < -0.4 is 5.69 Å². The number of rotatable bonds is 2. The van der Waals surface area contributed by atoms with Crippen LogP contribution in [0.3, 0.4) is 0 Å². The molecule has 0 radical (unpaired) electrons. The number of fused-ring (bicyclic) bond motifs is 1. The van der Waals surface area contributed by atoms with E-state index in [1.165, 1.54) is 4.57 Å². The zero-order chi connectivity index (χ0) is 14.3. The first-order valence-electron chi connectivity index (χ1n) is 6.45. The van der Waals surface area contributed by atoms with E-state index >= 15 is 0 Å². The van der Waals surface area contributed by atoms with Crippen LogP contribution in [-0.2, 0) is 7.05 Å². The molecule has 0 aliphatic heterocycles. The lowest BCUT2D eigenvalue weighted by Gasteiger charge is -2.09. The van der Waals surface area contributed by atoms with Crippen LogP contribution in [0.5, 0.6) is 0 Å². The van der Waals surface area contributed by atoms with Crippen molar-refractivity contribution >= 4 is 11.2 Å². The number of aromatic amines is 1. The van der Waals surface area contributed by atoms with Gasteiger partial charge in [0.2, 0.25) is 0 Å². The third-order valence-corrected chi connectivity index (χ3v) is 3.29. The summed E-state index contributed by atoms with van der Waals surface area (Å²) in [5, 5.41) is 0. The van der Waals surface area contributed by atoms with E-state index in [0.29, 0.717) is 17.0 Å². The lowest BCUT2D eigenvalue weighted by Crippen LogP contribution is -2.11.